The van der Waals surface area contributed by atoms with E-state index in [4.69, 9.17) is 0 Å². The van der Waals surface area contributed by atoms with Gasteiger partial charge < -0.3 is 9.80 Å². The Morgan fingerprint density at radius 2 is 1.77 bits per heavy atom. The molecule has 2 aromatic carbocycles. The maximum absolute atomic E-state index is 13.1. The number of carbonyl (C=O) groups is 1. The van der Waals surface area contributed by atoms with Crippen LogP contribution in [0.3, 0.4) is 0 Å². The topological polar surface area (TPSA) is 47.6 Å². The first-order chi connectivity index (χ1) is 12.7. The van der Waals surface area contributed by atoms with Gasteiger partial charge in [-0.15, -0.1) is 0 Å². The van der Waals surface area contributed by atoms with Crippen LogP contribution in [0.15, 0.2) is 59.1 Å². The molecule has 5 nitrogen and oxygen atoms in total. The zero-order valence-corrected chi connectivity index (χ0v) is 16.2. The van der Waals surface area contributed by atoms with E-state index >= 15 is 0 Å². The average molecular weight is 415 g/mol. The second-order valence-corrected chi connectivity index (χ2v) is 7.73. The number of nitrogens with zero attached hydrogens (tertiary/aromatic N) is 2. The molecule has 0 aromatic heterocycles. The summed E-state index contributed by atoms with van der Waals surface area (Å²) < 4.78 is 1.03. The van der Waals surface area contributed by atoms with Gasteiger partial charge in [-0.05, 0) is 29.8 Å². The quantitative estimate of drug-likeness (QED) is 0.809. The van der Waals surface area contributed by atoms with E-state index in [1.807, 2.05) is 23.1 Å². The molecule has 2 atom stereocenters. The molecule has 0 saturated carbocycles. The monoisotopic (exact) mass is 414 g/mol. The van der Waals surface area contributed by atoms with E-state index in [1.165, 1.54) is 5.69 Å². The molecule has 2 heterocycles. The van der Waals surface area contributed by atoms with E-state index < -0.39 is 0 Å². The third-order valence-electron chi connectivity index (χ3n) is 5.22. The van der Waals surface area contributed by atoms with Crippen LogP contribution in [-0.4, -0.2) is 43.5 Å². The van der Waals surface area contributed by atoms with Crippen LogP contribution in [0.2, 0.25) is 0 Å². The van der Waals surface area contributed by atoms with Gasteiger partial charge in [0.15, 0.2) is 0 Å². The summed E-state index contributed by atoms with van der Waals surface area (Å²) in [4.78, 5) is 17.5. The Balaban J connectivity index is 1.41. The number of hydrogen-bond acceptors (Lipinski definition) is 4. The molecule has 2 fully saturated rings. The van der Waals surface area contributed by atoms with Gasteiger partial charge in [0.25, 0.3) is 0 Å². The van der Waals surface area contributed by atoms with Gasteiger partial charge in [0, 0.05) is 42.9 Å². The summed E-state index contributed by atoms with van der Waals surface area (Å²) in [6, 6.07) is 18.6. The van der Waals surface area contributed by atoms with E-state index in [2.05, 4.69) is 68.1 Å². The fourth-order valence-corrected chi connectivity index (χ4v) is 4.22. The molecular weight excluding hydrogens is 392 g/mol. The highest BCUT2D eigenvalue weighted by Crippen LogP contribution is 2.29. The Hall–Kier alpha value is -1.89. The summed E-state index contributed by atoms with van der Waals surface area (Å²) >= 11 is 3.52. The third-order valence-corrected chi connectivity index (χ3v) is 5.71. The first kappa shape index (κ1) is 17.5. The zero-order valence-electron chi connectivity index (χ0n) is 14.6. The minimum Gasteiger partial charge on any atom is -0.368 e. The van der Waals surface area contributed by atoms with Crippen LogP contribution in [0.1, 0.15) is 11.6 Å². The molecule has 2 N–H and O–H groups in total. The maximum atomic E-state index is 13.1. The molecular formula is C20H23BrN4O. The van der Waals surface area contributed by atoms with Gasteiger partial charge in [0.1, 0.15) is 0 Å². The predicted molar refractivity (Wildman–Crippen MR) is 107 cm³/mol. The van der Waals surface area contributed by atoms with Crippen molar-refractivity contribution in [3.63, 3.8) is 0 Å². The molecule has 6 heteroatoms. The van der Waals surface area contributed by atoms with Crippen molar-refractivity contribution >= 4 is 27.5 Å². The molecule has 4 rings (SSSR count). The van der Waals surface area contributed by atoms with Gasteiger partial charge >= 0.3 is 0 Å². The lowest BCUT2D eigenvalue weighted by Gasteiger charge is -2.37. The third kappa shape index (κ3) is 3.63. The lowest BCUT2D eigenvalue weighted by Crippen LogP contribution is -2.51. The van der Waals surface area contributed by atoms with Crippen molar-refractivity contribution in [3.8, 4) is 0 Å². The minimum atomic E-state index is -0.0763. The number of hydrogen-bond donors (Lipinski definition) is 2. The Morgan fingerprint density at radius 1 is 1.00 bits per heavy atom. The highest BCUT2D eigenvalue weighted by Gasteiger charge is 2.37. The molecule has 2 saturated heterocycles. The molecule has 2 unspecified atom stereocenters. The van der Waals surface area contributed by atoms with Crippen LogP contribution < -0.4 is 15.8 Å². The standard InChI is InChI=1S/C20H23BrN4O/c21-16-6-4-5-15(13-16)19-18(14-22-23-19)20(26)25-11-9-24(10-12-25)17-7-2-1-3-8-17/h1-8,13,18-19,22-23H,9-12,14H2. The number of anilines is 1. The van der Waals surface area contributed by atoms with Crippen molar-refractivity contribution in [1.29, 1.82) is 0 Å². The van der Waals surface area contributed by atoms with Gasteiger partial charge in [0.2, 0.25) is 5.91 Å². The number of rotatable bonds is 3. The van der Waals surface area contributed by atoms with Crippen LogP contribution in [0.5, 0.6) is 0 Å². The molecule has 2 aliphatic heterocycles. The fraction of sp³-hybridized carbons (Fsp3) is 0.350. The average Bonchev–Trinajstić information content (AvgIpc) is 3.18. The summed E-state index contributed by atoms with van der Waals surface area (Å²) in [5.74, 6) is 0.160. The number of nitrogens with one attached hydrogen (secondary N) is 2. The largest absolute Gasteiger partial charge is 0.368 e. The lowest BCUT2D eigenvalue weighted by atomic mass is 9.93. The van der Waals surface area contributed by atoms with Gasteiger partial charge in [0.05, 0.1) is 12.0 Å². The summed E-state index contributed by atoms with van der Waals surface area (Å²) in [5, 5.41) is 0. The van der Waals surface area contributed by atoms with Crippen molar-refractivity contribution in [2.75, 3.05) is 37.6 Å². The van der Waals surface area contributed by atoms with Gasteiger partial charge in [-0.1, -0.05) is 46.3 Å². The molecule has 0 spiro atoms. The van der Waals surface area contributed by atoms with E-state index in [0.717, 1.165) is 36.2 Å². The minimum absolute atomic E-state index is 0.00662. The van der Waals surface area contributed by atoms with Gasteiger partial charge in [-0.3, -0.25) is 10.2 Å². The van der Waals surface area contributed by atoms with Crippen molar-refractivity contribution in [1.82, 2.24) is 15.8 Å². The second-order valence-electron chi connectivity index (χ2n) is 6.81. The molecule has 136 valence electrons. The molecule has 2 aliphatic rings. The van der Waals surface area contributed by atoms with E-state index in [0.29, 0.717) is 6.54 Å². The Kier molecular flexibility index (Phi) is 5.24. The number of benzene rings is 2. The zero-order chi connectivity index (χ0) is 17.9. The number of carbonyl (C=O) groups excluding carboxylic acids is 1. The van der Waals surface area contributed by atoms with Crippen molar-refractivity contribution in [2.24, 2.45) is 5.92 Å². The van der Waals surface area contributed by atoms with Gasteiger partial charge in [-0.25, -0.2) is 5.43 Å². The van der Waals surface area contributed by atoms with Crippen LogP contribution in [-0.2, 0) is 4.79 Å². The van der Waals surface area contributed by atoms with Crippen molar-refractivity contribution in [2.45, 2.75) is 6.04 Å². The highest BCUT2D eigenvalue weighted by molar-refractivity contribution is 9.10. The maximum Gasteiger partial charge on any atom is 0.229 e. The van der Waals surface area contributed by atoms with Crippen molar-refractivity contribution in [3.05, 3.63) is 64.6 Å². The molecule has 1 amide bonds. The SMILES string of the molecule is O=C(C1CNNC1c1cccc(Br)c1)N1CCN(c2ccccc2)CC1. The first-order valence-electron chi connectivity index (χ1n) is 9.05. The van der Waals surface area contributed by atoms with Crippen LogP contribution in [0, 0.1) is 5.92 Å². The number of para-hydroxylation sites is 1. The Labute approximate surface area is 162 Å². The number of piperazine rings is 1. The normalized spacial score (nSPS) is 23.3. The Morgan fingerprint density at radius 3 is 2.50 bits per heavy atom. The predicted octanol–water partition coefficient (Wildman–Crippen LogP) is 2.56. The van der Waals surface area contributed by atoms with Crippen LogP contribution >= 0.6 is 15.9 Å². The highest BCUT2D eigenvalue weighted by atomic mass is 79.9. The van der Waals surface area contributed by atoms with Gasteiger partial charge in [-0.2, -0.15) is 0 Å². The Bertz CT molecular complexity index is 761. The summed E-state index contributed by atoms with van der Waals surface area (Å²) in [6.45, 7) is 3.97. The van der Waals surface area contributed by atoms with Crippen LogP contribution in [0.4, 0.5) is 5.69 Å². The lowest BCUT2D eigenvalue weighted by molar-refractivity contribution is -0.135. The molecule has 0 radical (unpaired) electrons. The van der Waals surface area contributed by atoms with Crippen molar-refractivity contribution < 1.29 is 4.79 Å². The summed E-state index contributed by atoms with van der Waals surface area (Å²) in [7, 11) is 0. The fourth-order valence-electron chi connectivity index (χ4n) is 3.80. The smallest absolute Gasteiger partial charge is 0.229 e. The summed E-state index contributed by atoms with van der Waals surface area (Å²) in [5.41, 5.74) is 8.81. The van der Waals surface area contributed by atoms with E-state index in [-0.39, 0.29) is 17.9 Å². The number of halogens is 1. The second kappa shape index (κ2) is 7.78. The number of hydrazine groups is 1. The van der Waals surface area contributed by atoms with E-state index in [1.54, 1.807) is 0 Å². The van der Waals surface area contributed by atoms with Crippen LogP contribution in [0.25, 0.3) is 0 Å². The summed E-state index contributed by atoms with van der Waals surface area (Å²) in [6.07, 6.45) is 0. The molecule has 0 bridgehead atoms. The van der Waals surface area contributed by atoms with E-state index in [9.17, 15) is 4.79 Å². The molecule has 2 aromatic rings. The first-order valence-corrected chi connectivity index (χ1v) is 9.84. The molecule has 26 heavy (non-hydrogen) atoms. The molecule has 0 aliphatic carbocycles. The number of amides is 1.